The molecule has 2 aliphatic heterocycles. The normalized spacial score (nSPS) is 24.2. The summed E-state index contributed by atoms with van der Waals surface area (Å²) in [5, 5.41) is 3.29. The van der Waals surface area contributed by atoms with Crippen molar-refractivity contribution in [2.45, 2.75) is 26.3 Å². The smallest absolute Gasteiger partial charge is 0.193 e. The van der Waals surface area contributed by atoms with Crippen molar-refractivity contribution >= 4 is 15.8 Å². The highest BCUT2D eigenvalue weighted by Crippen LogP contribution is 2.17. The lowest BCUT2D eigenvalue weighted by Crippen LogP contribution is -2.46. The fourth-order valence-corrected chi connectivity index (χ4v) is 3.69. The minimum absolute atomic E-state index is 0.124. The maximum Gasteiger partial charge on any atom is 0.193 e. The van der Waals surface area contributed by atoms with Crippen LogP contribution in [0, 0.1) is 0 Å². The molecule has 1 N–H and O–H groups in total. The third-order valence-electron chi connectivity index (χ3n) is 4.46. The molecule has 0 aliphatic carbocycles. The minimum Gasteiger partial charge on any atom is -0.379 e. The molecular formula is C15H30N4O3S. The highest BCUT2D eigenvalue weighted by molar-refractivity contribution is 7.91. The molecule has 2 saturated heterocycles. The zero-order valence-electron chi connectivity index (χ0n) is 14.3. The molecule has 7 nitrogen and oxygen atoms in total. The Kier molecular flexibility index (Phi) is 7.10. The van der Waals surface area contributed by atoms with Crippen LogP contribution in [0.15, 0.2) is 4.99 Å². The number of aliphatic imine (C=N–C) groups is 1. The van der Waals surface area contributed by atoms with Crippen molar-refractivity contribution < 1.29 is 13.2 Å². The number of ether oxygens (including phenoxy) is 1. The van der Waals surface area contributed by atoms with Crippen molar-refractivity contribution in [3.8, 4) is 0 Å². The molecule has 0 aromatic carbocycles. The Morgan fingerprint density at radius 3 is 2.65 bits per heavy atom. The largest absolute Gasteiger partial charge is 0.379 e. The molecule has 2 fully saturated rings. The van der Waals surface area contributed by atoms with Gasteiger partial charge in [0, 0.05) is 44.5 Å². The van der Waals surface area contributed by atoms with Gasteiger partial charge >= 0.3 is 0 Å². The van der Waals surface area contributed by atoms with Crippen molar-refractivity contribution in [1.82, 2.24) is 15.1 Å². The van der Waals surface area contributed by atoms with Gasteiger partial charge in [-0.1, -0.05) is 6.92 Å². The molecule has 1 atom stereocenters. The summed E-state index contributed by atoms with van der Waals surface area (Å²) in [6.07, 6.45) is 1.12. The Bertz CT molecular complexity index is 489. The molecule has 23 heavy (non-hydrogen) atoms. The van der Waals surface area contributed by atoms with Crippen LogP contribution in [0.3, 0.4) is 0 Å². The van der Waals surface area contributed by atoms with Gasteiger partial charge in [0.1, 0.15) is 0 Å². The number of nitrogens with one attached hydrogen (secondary N) is 1. The molecule has 0 aromatic rings. The second-order valence-electron chi connectivity index (χ2n) is 6.01. The lowest BCUT2D eigenvalue weighted by Gasteiger charge is -2.32. The molecule has 0 saturated carbocycles. The molecule has 2 heterocycles. The third-order valence-corrected chi connectivity index (χ3v) is 6.15. The fourth-order valence-electron chi connectivity index (χ4n) is 3.04. The van der Waals surface area contributed by atoms with Gasteiger partial charge in [0.2, 0.25) is 0 Å². The molecule has 0 spiro atoms. The number of hydrogen-bond donors (Lipinski definition) is 1. The molecule has 134 valence electrons. The highest BCUT2D eigenvalue weighted by Gasteiger charge is 2.30. The van der Waals surface area contributed by atoms with Crippen molar-refractivity contribution in [3.63, 3.8) is 0 Å². The van der Waals surface area contributed by atoms with Crippen LogP contribution in [-0.4, -0.2) is 94.2 Å². The highest BCUT2D eigenvalue weighted by atomic mass is 32.2. The molecule has 0 radical (unpaired) electrons. The summed E-state index contributed by atoms with van der Waals surface area (Å²) in [7, 11) is -2.96. The van der Waals surface area contributed by atoms with Crippen molar-refractivity contribution in [2.75, 3.05) is 64.0 Å². The third kappa shape index (κ3) is 5.61. The Morgan fingerprint density at radius 1 is 1.26 bits per heavy atom. The molecule has 8 heteroatoms. The van der Waals surface area contributed by atoms with E-state index in [0.29, 0.717) is 12.6 Å². The Hall–Kier alpha value is -0.860. The summed E-state index contributed by atoms with van der Waals surface area (Å²) in [4.78, 5) is 9.26. The van der Waals surface area contributed by atoms with Crippen molar-refractivity contribution in [2.24, 2.45) is 4.99 Å². The van der Waals surface area contributed by atoms with E-state index in [0.717, 1.165) is 58.3 Å². The van der Waals surface area contributed by atoms with E-state index in [9.17, 15) is 8.42 Å². The molecule has 2 aliphatic rings. The topological polar surface area (TPSA) is 74.2 Å². The van der Waals surface area contributed by atoms with E-state index in [4.69, 9.17) is 4.74 Å². The number of sulfone groups is 1. The predicted molar refractivity (Wildman–Crippen MR) is 92.7 cm³/mol. The van der Waals surface area contributed by atoms with Gasteiger partial charge in [-0.2, -0.15) is 0 Å². The SMILES string of the molecule is CCNC(=NCCS(=O)(=O)CC)N1CCC(N2CCOCC2)C1. The van der Waals surface area contributed by atoms with E-state index in [-0.39, 0.29) is 11.5 Å². The summed E-state index contributed by atoms with van der Waals surface area (Å²) >= 11 is 0. The lowest BCUT2D eigenvalue weighted by molar-refractivity contribution is 0.0195. The fraction of sp³-hybridized carbons (Fsp3) is 0.933. The first kappa shape index (κ1) is 18.5. The van der Waals surface area contributed by atoms with Gasteiger partial charge in [-0.25, -0.2) is 8.42 Å². The van der Waals surface area contributed by atoms with Crippen LogP contribution >= 0.6 is 0 Å². The summed E-state index contributed by atoms with van der Waals surface area (Å²) in [6.45, 7) is 10.4. The maximum absolute atomic E-state index is 11.6. The van der Waals surface area contributed by atoms with Gasteiger partial charge in [0.05, 0.1) is 25.5 Å². The standard InChI is InChI=1S/C15H30N4O3S/c1-3-16-15(17-6-12-23(20,21)4-2)19-7-5-14(13-19)18-8-10-22-11-9-18/h14H,3-13H2,1-2H3,(H,16,17). The van der Waals surface area contributed by atoms with E-state index < -0.39 is 9.84 Å². The first-order valence-corrected chi connectivity index (χ1v) is 10.4. The average Bonchev–Trinajstić information content (AvgIpc) is 3.05. The number of hydrogen-bond acceptors (Lipinski definition) is 5. The molecule has 0 bridgehead atoms. The van der Waals surface area contributed by atoms with E-state index >= 15 is 0 Å². The van der Waals surface area contributed by atoms with Gasteiger partial charge in [-0.3, -0.25) is 9.89 Å². The number of rotatable bonds is 6. The molecule has 1 unspecified atom stereocenters. The van der Waals surface area contributed by atoms with Gasteiger partial charge in [0.15, 0.2) is 15.8 Å². The summed E-state index contributed by atoms with van der Waals surface area (Å²) in [5.41, 5.74) is 0. The summed E-state index contributed by atoms with van der Waals surface area (Å²) < 4.78 is 28.6. The van der Waals surface area contributed by atoms with Crippen LogP contribution in [0.5, 0.6) is 0 Å². The van der Waals surface area contributed by atoms with Crippen LogP contribution in [0.25, 0.3) is 0 Å². The summed E-state index contributed by atoms with van der Waals surface area (Å²) in [6, 6.07) is 0.544. The number of nitrogens with zero attached hydrogens (tertiary/aromatic N) is 3. The number of likely N-dealkylation sites (tertiary alicyclic amines) is 1. The first-order valence-electron chi connectivity index (χ1n) is 8.61. The lowest BCUT2D eigenvalue weighted by atomic mass is 10.2. The van der Waals surface area contributed by atoms with Gasteiger partial charge in [-0.15, -0.1) is 0 Å². The molecular weight excluding hydrogens is 316 g/mol. The second kappa shape index (κ2) is 8.84. The van der Waals surface area contributed by atoms with E-state index in [1.165, 1.54) is 0 Å². The Balaban J connectivity index is 1.90. The Labute approximate surface area is 140 Å². The van der Waals surface area contributed by atoms with Gasteiger partial charge < -0.3 is 15.0 Å². The van der Waals surface area contributed by atoms with Gasteiger partial charge in [-0.05, 0) is 13.3 Å². The number of morpholine rings is 1. The zero-order valence-corrected chi connectivity index (χ0v) is 15.1. The van der Waals surface area contributed by atoms with Crippen molar-refractivity contribution in [3.05, 3.63) is 0 Å². The molecule has 0 aromatic heterocycles. The zero-order chi connectivity index (χ0) is 16.7. The average molecular weight is 346 g/mol. The minimum atomic E-state index is -2.96. The second-order valence-corrected chi connectivity index (χ2v) is 8.48. The molecule has 0 amide bonds. The van der Waals surface area contributed by atoms with E-state index in [1.807, 2.05) is 6.92 Å². The predicted octanol–water partition coefficient (Wildman–Crippen LogP) is -0.207. The van der Waals surface area contributed by atoms with Crippen LogP contribution < -0.4 is 5.32 Å². The van der Waals surface area contributed by atoms with Crippen LogP contribution in [0.2, 0.25) is 0 Å². The monoisotopic (exact) mass is 346 g/mol. The van der Waals surface area contributed by atoms with Crippen LogP contribution in [0.4, 0.5) is 0 Å². The maximum atomic E-state index is 11.6. The van der Waals surface area contributed by atoms with Crippen LogP contribution in [-0.2, 0) is 14.6 Å². The summed E-state index contributed by atoms with van der Waals surface area (Å²) in [5.74, 6) is 1.15. The van der Waals surface area contributed by atoms with E-state index in [1.54, 1.807) is 6.92 Å². The number of guanidine groups is 1. The first-order chi connectivity index (χ1) is 11.1. The van der Waals surface area contributed by atoms with Gasteiger partial charge in [0.25, 0.3) is 0 Å². The Morgan fingerprint density at radius 2 is 2.00 bits per heavy atom. The molecule has 2 rings (SSSR count). The van der Waals surface area contributed by atoms with Crippen LogP contribution in [0.1, 0.15) is 20.3 Å². The quantitative estimate of drug-likeness (QED) is 0.530. The van der Waals surface area contributed by atoms with E-state index in [2.05, 4.69) is 20.1 Å². The van der Waals surface area contributed by atoms with Crippen molar-refractivity contribution in [1.29, 1.82) is 0 Å².